The first-order valence-electron chi connectivity index (χ1n) is 13.8. The van der Waals surface area contributed by atoms with Crippen LogP contribution in [-0.2, 0) is 24.2 Å². The van der Waals surface area contributed by atoms with Crippen molar-refractivity contribution in [3.8, 4) is 0 Å². The molecule has 0 aliphatic carbocycles. The molecule has 1 amide bonds. The van der Waals surface area contributed by atoms with Crippen LogP contribution in [0.2, 0.25) is 0 Å². The molecule has 194 valence electrons. The SMILES string of the molecule is CC(COC(=O)N1CCC(N2CCCc3ccccc32)CC1)N(Cc1ccccc1)Cc1ccccc1. The summed E-state index contributed by atoms with van der Waals surface area (Å²) < 4.78 is 5.87. The van der Waals surface area contributed by atoms with E-state index in [1.54, 1.807) is 0 Å². The first-order valence-corrected chi connectivity index (χ1v) is 13.8. The van der Waals surface area contributed by atoms with E-state index in [1.165, 1.54) is 35.2 Å². The van der Waals surface area contributed by atoms with Gasteiger partial charge in [-0.05, 0) is 55.4 Å². The van der Waals surface area contributed by atoms with Crippen LogP contribution in [0.15, 0.2) is 84.9 Å². The van der Waals surface area contributed by atoms with E-state index >= 15 is 0 Å². The van der Waals surface area contributed by atoms with Gasteiger partial charge in [0.05, 0.1) is 0 Å². The van der Waals surface area contributed by atoms with Crippen molar-refractivity contribution in [2.45, 2.75) is 57.8 Å². The predicted molar refractivity (Wildman–Crippen MR) is 150 cm³/mol. The Hall–Kier alpha value is -3.31. The summed E-state index contributed by atoms with van der Waals surface area (Å²) in [4.78, 5) is 19.9. The van der Waals surface area contributed by atoms with Crippen LogP contribution in [0.3, 0.4) is 0 Å². The Bertz CT molecular complexity index is 1090. The highest BCUT2D eigenvalue weighted by atomic mass is 16.6. The number of likely N-dealkylation sites (tertiary alicyclic amines) is 1. The second-order valence-corrected chi connectivity index (χ2v) is 10.4. The molecule has 3 aromatic carbocycles. The van der Waals surface area contributed by atoms with Gasteiger partial charge < -0.3 is 14.5 Å². The molecular formula is C32H39N3O2. The van der Waals surface area contributed by atoms with Gasteiger partial charge in [0, 0.05) is 50.5 Å². The van der Waals surface area contributed by atoms with E-state index in [0.717, 1.165) is 45.6 Å². The molecule has 0 spiro atoms. The fourth-order valence-corrected chi connectivity index (χ4v) is 5.69. The molecular weight excluding hydrogens is 458 g/mol. The number of aryl methyl sites for hydroxylation is 1. The zero-order chi connectivity index (χ0) is 25.5. The van der Waals surface area contributed by atoms with Crippen molar-refractivity contribution in [2.24, 2.45) is 0 Å². The first-order chi connectivity index (χ1) is 18.2. The van der Waals surface area contributed by atoms with Gasteiger partial charge in [-0.15, -0.1) is 0 Å². The summed E-state index contributed by atoms with van der Waals surface area (Å²) >= 11 is 0. The minimum absolute atomic E-state index is 0.103. The minimum Gasteiger partial charge on any atom is -0.448 e. The third kappa shape index (κ3) is 6.53. The van der Waals surface area contributed by atoms with Crippen molar-refractivity contribution in [1.82, 2.24) is 9.80 Å². The molecule has 2 aliphatic rings. The third-order valence-electron chi connectivity index (χ3n) is 7.84. The van der Waals surface area contributed by atoms with Gasteiger partial charge in [-0.25, -0.2) is 4.79 Å². The van der Waals surface area contributed by atoms with Crippen LogP contribution < -0.4 is 4.90 Å². The molecule has 1 atom stereocenters. The summed E-state index contributed by atoms with van der Waals surface area (Å²) in [5, 5.41) is 0. The second kappa shape index (κ2) is 12.3. The normalized spacial score (nSPS) is 16.9. The fourth-order valence-electron chi connectivity index (χ4n) is 5.69. The third-order valence-corrected chi connectivity index (χ3v) is 7.84. The number of ether oxygens (including phenoxy) is 1. The Labute approximate surface area is 221 Å². The number of hydrogen-bond acceptors (Lipinski definition) is 4. The van der Waals surface area contributed by atoms with Crippen LogP contribution in [0.25, 0.3) is 0 Å². The van der Waals surface area contributed by atoms with Crippen LogP contribution in [0.1, 0.15) is 42.9 Å². The van der Waals surface area contributed by atoms with E-state index in [4.69, 9.17) is 4.74 Å². The van der Waals surface area contributed by atoms with Crippen LogP contribution in [0, 0.1) is 0 Å². The molecule has 0 bridgehead atoms. The Morgan fingerprint density at radius 2 is 1.46 bits per heavy atom. The average Bonchev–Trinajstić information content (AvgIpc) is 2.96. The molecule has 1 fully saturated rings. The van der Waals surface area contributed by atoms with Crippen molar-refractivity contribution in [1.29, 1.82) is 0 Å². The molecule has 0 radical (unpaired) electrons. The fraction of sp³-hybridized carbons (Fsp3) is 0.406. The maximum absolute atomic E-state index is 13.0. The maximum Gasteiger partial charge on any atom is 0.409 e. The van der Waals surface area contributed by atoms with E-state index in [0.29, 0.717) is 12.6 Å². The number of anilines is 1. The molecule has 5 rings (SSSR count). The monoisotopic (exact) mass is 497 g/mol. The van der Waals surface area contributed by atoms with Crippen molar-refractivity contribution in [3.63, 3.8) is 0 Å². The highest BCUT2D eigenvalue weighted by Gasteiger charge is 2.30. The summed E-state index contributed by atoms with van der Waals surface area (Å²) in [5.41, 5.74) is 5.37. The van der Waals surface area contributed by atoms with Crippen LogP contribution in [0.4, 0.5) is 10.5 Å². The van der Waals surface area contributed by atoms with Crippen molar-refractivity contribution in [3.05, 3.63) is 102 Å². The zero-order valence-corrected chi connectivity index (χ0v) is 22.0. The smallest absolute Gasteiger partial charge is 0.409 e. The summed E-state index contributed by atoms with van der Waals surface area (Å²) in [7, 11) is 0. The average molecular weight is 498 g/mol. The van der Waals surface area contributed by atoms with Crippen molar-refractivity contribution < 1.29 is 9.53 Å². The van der Waals surface area contributed by atoms with E-state index in [2.05, 4.69) is 89.5 Å². The Morgan fingerprint density at radius 1 is 0.865 bits per heavy atom. The Morgan fingerprint density at radius 3 is 2.11 bits per heavy atom. The van der Waals surface area contributed by atoms with Gasteiger partial charge in [0.2, 0.25) is 0 Å². The number of nitrogens with zero attached hydrogens (tertiary/aromatic N) is 3. The van der Waals surface area contributed by atoms with Gasteiger partial charge in [0.15, 0.2) is 0 Å². The number of para-hydroxylation sites is 1. The topological polar surface area (TPSA) is 36.0 Å². The lowest BCUT2D eigenvalue weighted by Crippen LogP contribution is -2.48. The number of carbonyl (C=O) groups excluding carboxylic acids is 1. The lowest BCUT2D eigenvalue weighted by Gasteiger charge is -2.42. The maximum atomic E-state index is 13.0. The molecule has 37 heavy (non-hydrogen) atoms. The van der Waals surface area contributed by atoms with Crippen molar-refractivity contribution >= 4 is 11.8 Å². The van der Waals surface area contributed by atoms with Crippen LogP contribution >= 0.6 is 0 Å². The van der Waals surface area contributed by atoms with E-state index in [9.17, 15) is 4.79 Å². The number of carbonyl (C=O) groups is 1. The number of fused-ring (bicyclic) bond motifs is 1. The zero-order valence-electron chi connectivity index (χ0n) is 22.0. The summed E-state index contributed by atoms with van der Waals surface area (Å²) in [5.74, 6) is 0. The van der Waals surface area contributed by atoms with Gasteiger partial charge in [-0.1, -0.05) is 78.9 Å². The predicted octanol–water partition coefficient (Wildman–Crippen LogP) is 6.13. The quantitative estimate of drug-likeness (QED) is 0.375. The number of piperidine rings is 1. The number of amides is 1. The number of rotatable bonds is 8. The molecule has 3 aromatic rings. The van der Waals surface area contributed by atoms with E-state index < -0.39 is 0 Å². The molecule has 5 nitrogen and oxygen atoms in total. The van der Waals surface area contributed by atoms with Gasteiger partial charge in [-0.3, -0.25) is 4.90 Å². The molecule has 1 saturated heterocycles. The van der Waals surface area contributed by atoms with Crippen LogP contribution in [0.5, 0.6) is 0 Å². The van der Waals surface area contributed by atoms with Gasteiger partial charge in [0.25, 0.3) is 0 Å². The Balaban J connectivity index is 1.14. The summed E-state index contributed by atoms with van der Waals surface area (Å²) in [6, 6.07) is 30.4. The Kier molecular flexibility index (Phi) is 8.42. The lowest BCUT2D eigenvalue weighted by atomic mass is 9.96. The molecule has 0 aromatic heterocycles. The largest absolute Gasteiger partial charge is 0.448 e. The molecule has 5 heteroatoms. The van der Waals surface area contributed by atoms with Crippen LogP contribution in [-0.4, -0.2) is 54.2 Å². The van der Waals surface area contributed by atoms with Crippen molar-refractivity contribution in [2.75, 3.05) is 31.1 Å². The molecule has 2 heterocycles. The number of hydrogen-bond donors (Lipinski definition) is 0. The minimum atomic E-state index is -0.177. The summed E-state index contributed by atoms with van der Waals surface area (Å²) in [6.07, 6.45) is 4.19. The lowest BCUT2D eigenvalue weighted by molar-refractivity contribution is 0.0587. The highest BCUT2D eigenvalue weighted by Crippen LogP contribution is 2.31. The van der Waals surface area contributed by atoms with E-state index in [-0.39, 0.29) is 12.1 Å². The molecule has 0 saturated carbocycles. The second-order valence-electron chi connectivity index (χ2n) is 10.4. The van der Waals surface area contributed by atoms with E-state index in [1.807, 2.05) is 17.0 Å². The number of benzene rings is 3. The van der Waals surface area contributed by atoms with Gasteiger partial charge >= 0.3 is 6.09 Å². The van der Waals surface area contributed by atoms with Gasteiger partial charge in [-0.2, -0.15) is 0 Å². The first kappa shape index (κ1) is 25.3. The standard InChI is InChI=1S/C32H39N3O2/c1-26(34(23-27-11-4-2-5-12-27)24-28-13-6-3-7-14-28)25-37-32(36)33-21-18-30(19-22-33)35-20-10-16-29-15-8-9-17-31(29)35/h2-9,11-15,17,26,30H,10,16,18-25H2,1H3. The molecule has 0 N–H and O–H groups in total. The summed E-state index contributed by atoms with van der Waals surface area (Å²) in [6.45, 7) is 6.80. The molecule has 2 aliphatic heterocycles. The molecule has 1 unspecified atom stereocenters. The highest BCUT2D eigenvalue weighted by molar-refractivity contribution is 5.68. The van der Waals surface area contributed by atoms with Gasteiger partial charge in [0.1, 0.15) is 6.61 Å².